The molecule has 0 bridgehead atoms. The van der Waals surface area contributed by atoms with Crippen LogP contribution in [0.5, 0.6) is 5.75 Å². The fraction of sp³-hybridized carbons (Fsp3) is 0.120. The van der Waals surface area contributed by atoms with Crippen LogP contribution >= 0.6 is 39.6 Å². The van der Waals surface area contributed by atoms with Gasteiger partial charge in [0.05, 0.1) is 33.4 Å². The van der Waals surface area contributed by atoms with Crippen molar-refractivity contribution in [3.63, 3.8) is 0 Å². The van der Waals surface area contributed by atoms with Crippen molar-refractivity contribution in [2.24, 2.45) is 0 Å². The minimum absolute atomic E-state index is 0.209. The largest absolute Gasteiger partial charge is 0.489 e. The summed E-state index contributed by atoms with van der Waals surface area (Å²) < 4.78 is 40.7. The van der Waals surface area contributed by atoms with E-state index in [-0.39, 0.29) is 4.90 Å². The monoisotopic (exact) mass is 590 g/mol. The molecule has 0 aliphatic carbocycles. The average Bonchev–Trinajstić information content (AvgIpc) is 3.43. The number of aromatic amines is 1. The SMILES string of the molecule is CSOCCOc1cc2[nH]c(-c3cc4ccc(Br)cc4n3S(=O)(=O)c3ccccc3)cc2cc1Cl. The number of hydrogen-bond donors (Lipinski definition) is 1. The predicted molar refractivity (Wildman–Crippen MR) is 146 cm³/mol. The summed E-state index contributed by atoms with van der Waals surface area (Å²) in [5.74, 6) is 0.527. The first-order valence-electron chi connectivity index (χ1n) is 10.6. The number of nitrogens with zero attached hydrogens (tertiary/aromatic N) is 1. The van der Waals surface area contributed by atoms with Crippen LogP contribution < -0.4 is 4.74 Å². The molecule has 0 aliphatic heterocycles. The third-order valence-corrected chi connectivity index (χ3v) is 8.43. The summed E-state index contributed by atoms with van der Waals surface area (Å²) >= 11 is 11.2. The van der Waals surface area contributed by atoms with Gasteiger partial charge >= 0.3 is 0 Å². The Morgan fingerprint density at radius 1 is 1.00 bits per heavy atom. The average molecular weight is 592 g/mol. The molecular formula is C25H20BrClN2O4S2. The minimum Gasteiger partial charge on any atom is -0.489 e. The maximum atomic E-state index is 13.8. The molecule has 0 spiro atoms. The molecule has 0 radical (unpaired) electrons. The number of benzene rings is 3. The summed E-state index contributed by atoms with van der Waals surface area (Å²) in [5, 5.41) is 2.11. The highest BCUT2D eigenvalue weighted by atomic mass is 79.9. The predicted octanol–water partition coefficient (Wildman–Crippen LogP) is 7.12. The van der Waals surface area contributed by atoms with Crippen LogP contribution in [0.3, 0.4) is 0 Å². The third-order valence-electron chi connectivity index (χ3n) is 5.49. The van der Waals surface area contributed by atoms with Crippen molar-refractivity contribution >= 4 is 71.4 Å². The quantitative estimate of drug-likeness (QED) is 0.154. The molecule has 3 aromatic carbocycles. The molecule has 1 N–H and O–H groups in total. The number of fused-ring (bicyclic) bond motifs is 2. The molecule has 35 heavy (non-hydrogen) atoms. The molecule has 180 valence electrons. The normalized spacial score (nSPS) is 12.0. The Hall–Kier alpha value is -2.43. The van der Waals surface area contributed by atoms with Crippen LogP contribution in [-0.4, -0.2) is 36.8 Å². The molecule has 0 saturated carbocycles. The van der Waals surface area contributed by atoms with Gasteiger partial charge in [-0.15, -0.1) is 0 Å². The van der Waals surface area contributed by atoms with Crippen LogP contribution in [0.25, 0.3) is 33.2 Å². The summed E-state index contributed by atoms with van der Waals surface area (Å²) in [5.41, 5.74) is 2.52. The second-order valence-corrected chi connectivity index (χ2v) is 11.4. The minimum atomic E-state index is -3.88. The van der Waals surface area contributed by atoms with Crippen molar-refractivity contribution in [2.45, 2.75) is 4.90 Å². The van der Waals surface area contributed by atoms with E-state index in [1.807, 2.05) is 36.6 Å². The van der Waals surface area contributed by atoms with Gasteiger partial charge in [-0.05, 0) is 54.5 Å². The van der Waals surface area contributed by atoms with Gasteiger partial charge in [-0.3, -0.25) is 0 Å². The first-order chi connectivity index (χ1) is 16.9. The van der Waals surface area contributed by atoms with Crippen molar-refractivity contribution in [1.29, 1.82) is 0 Å². The van der Waals surface area contributed by atoms with Crippen LogP contribution in [0.2, 0.25) is 5.02 Å². The van der Waals surface area contributed by atoms with E-state index in [9.17, 15) is 8.42 Å². The van der Waals surface area contributed by atoms with E-state index in [2.05, 4.69) is 20.9 Å². The third kappa shape index (κ3) is 4.71. The molecule has 0 saturated heterocycles. The van der Waals surface area contributed by atoms with Gasteiger partial charge in [0, 0.05) is 33.1 Å². The Morgan fingerprint density at radius 2 is 1.80 bits per heavy atom. The molecule has 10 heteroatoms. The van der Waals surface area contributed by atoms with Gasteiger partial charge in [-0.1, -0.05) is 51.8 Å². The zero-order chi connectivity index (χ0) is 24.6. The fourth-order valence-corrected chi connectivity index (χ4v) is 6.29. The molecule has 5 rings (SSSR count). The molecule has 0 aliphatic rings. The topological polar surface area (TPSA) is 73.3 Å². The van der Waals surface area contributed by atoms with Crippen LogP contribution in [-0.2, 0) is 14.2 Å². The number of halogens is 2. The van der Waals surface area contributed by atoms with E-state index in [4.69, 9.17) is 20.5 Å². The first-order valence-corrected chi connectivity index (χ1v) is 14.4. The maximum absolute atomic E-state index is 13.8. The summed E-state index contributed by atoms with van der Waals surface area (Å²) in [6.07, 6.45) is 1.84. The first kappa shape index (κ1) is 24.3. The molecule has 6 nitrogen and oxygen atoms in total. The van der Waals surface area contributed by atoms with E-state index in [1.165, 1.54) is 16.0 Å². The summed E-state index contributed by atoms with van der Waals surface area (Å²) in [6.45, 7) is 0.788. The van der Waals surface area contributed by atoms with Crippen molar-refractivity contribution in [3.05, 3.63) is 82.3 Å². The van der Waals surface area contributed by atoms with Crippen molar-refractivity contribution < 1.29 is 17.3 Å². The smallest absolute Gasteiger partial charge is 0.268 e. The summed E-state index contributed by atoms with van der Waals surface area (Å²) in [4.78, 5) is 3.56. The van der Waals surface area contributed by atoms with Gasteiger partial charge in [0.1, 0.15) is 12.4 Å². The number of hydrogen-bond acceptors (Lipinski definition) is 5. The van der Waals surface area contributed by atoms with Crippen LogP contribution in [0, 0.1) is 0 Å². The molecular weight excluding hydrogens is 572 g/mol. The number of aromatic nitrogens is 2. The second-order valence-electron chi connectivity index (χ2n) is 7.71. The van der Waals surface area contributed by atoms with Gasteiger partial charge in [-0.25, -0.2) is 12.4 Å². The van der Waals surface area contributed by atoms with Gasteiger partial charge in [0.15, 0.2) is 0 Å². The Kier molecular flexibility index (Phi) is 6.87. The summed E-state index contributed by atoms with van der Waals surface area (Å²) in [6, 6.07) is 21.4. The highest BCUT2D eigenvalue weighted by Crippen LogP contribution is 2.37. The van der Waals surface area contributed by atoms with E-state index < -0.39 is 10.0 Å². The van der Waals surface area contributed by atoms with Crippen LogP contribution in [0.4, 0.5) is 0 Å². The lowest BCUT2D eigenvalue weighted by atomic mass is 10.2. The highest BCUT2D eigenvalue weighted by Gasteiger charge is 2.25. The van der Waals surface area contributed by atoms with Gasteiger partial charge < -0.3 is 13.9 Å². The maximum Gasteiger partial charge on any atom is 0.268 e. The Balaban J connectivity index is 1.66. The van der Waals surface area contributed by atoms with Crippen molar-refractivity contribution in [3.8, 4) is 17.1 Å². The lowest BCUT2D eigenvalue weighted by molar-refractivity contribution is 0.239. The molecule has 0 amide bonds. The van der Waals surface area contributed by atoms with E-state index >= 15 is 0 Å². The zero-order valence-corrected chi connectivity index (χ0v) is 22.5. The molecule has 5 aromatic rings. The molecule has 0 atom stereocenters. The number of ether oxygens (including phenoxy) is 1. The van der Waals surface area contributed by atoms with Crippen LogP contribution in [0.1, 0.15) is 0 Å². The van der Waals surface area contributed by atoms with E-state index in [0.29, 0.717) is 40.9 Å². The molecule has 2 aromatic heterocycles. The Morgan fingerprint density at radius 3 is 2.57 bits per heavy atom. The molecule has 0 unspecified atom stereocenters. The number of nitrogens with one attached hydrogen (secondary N) is 1. The lowest BCUT2D eigenvalue weighted by Crippen LogP contribution is -2.14. The van der Waals surface area contributed by atoms with Gasteiger partial charge in [0.25, 0.3) is 10.0 Å². The van der Waals surface area contributed by atoms with Gasteiger partial charge in [0.2, 0.25) is 0 Å². The number of rotatable bonds is 8. The molecule has 2 heterocycles. The van der Waals surface area contributed by atoms with E-state index in [0.717, 1.165) is 20.8 Å². The standard InChI is InChI=1S/C25H20BrClN2O4S2/c1-34-33-10-9-32-25-15-21-17(11-20(25)27)12-22(28-21)24-13-16-7-8-18(26)14-23(16)29(24)35(30,31)19-5-3-2-4-6-19/h2-8,11-15,28H,9-10H2,1H3. The van der Waals surface area contributed by atoms with Gasteiger partial charge in [-0.2, -0.15) is 0 Å². The Labute approximate surface area is 220 Å². The summed E-state index contributed by atoms with van der Waals surface area (Å²) in [7, 11) is -3.88. The highest BCUT2D eigenvalue weighted by molar-refractivity contribution is 9.10. The number of H-pyrrole nitrogens is 1. The fourth-order valence-electron chi connectivity index (χ4n) is 3.95. The van der Waals surface area contributed by atoms with Crippen LogP contribution in [0.15, 0.2) is 82.2 Å². The molecule has 0 fully saturated rings. The zero-order valence-electron chi connectivity index (χ0n) is 18.5. The Bertz CT molecular complexity index is 1630. The second kappa shape index (κ2) is 9.91. The lowest BCUT2D eigenvalue weighted by Gasteiger charge is -2.11. The van der Waals surface area contributed by atoms with Crippen molar-refractivity contribution in [2.75, 3.05) is 19.5 Å². The van der Waals surface area contributed by atoms with Crippen molar-refractivity contribution in [1.82, 2.24) is 8.96 Å². The van der Waals surface area contributed by atoms with E-state index in [1.54, 1.807) is 42.5 Å².